The molecule has 0 radical (unpaired) electrons. The minimum atomic E-state index is -1.97. The van der Waals surface area contributed by atoms with E-state index in [0.29, 0.717) is 6.08 Å². The highest BCUT2D eigenvalue weighted by Gasteiger charge is 2.11. The van der Waals surface area contributed by atoms with Crippen molar-refractivity contribution in [1.29, 1.82) is 0 Å². The van der Waals surface area contributed by atoms with Crippen LogP contribution in [-0.2, 0) is 11.3 Å². The Hall–Kier alpha value is -1.95. The van der Waals surface area contributed by atoms with Crippen molar-refractivity contribution in [1.82, 2.24) is 5.32 Å². The molecule has 4 nitrogen and oxygen atoms in total. The van der Waals surface area contributed by atoms with Crippen molar-refractivity contribution < 1.29 is 23.4 Å². The number of hydrogen-bond donors (Lipinski definition) is 2. The average Bonchev–Trinajstić information content (AvgIpc) is 2.36. The van der Waals surface area contributed by atoms with E-state index in [2.05, 4.69) is 5.32 Å². The number of benzene rings is 1. The molecule has 1 aromatic carbocycles. The SMILES string of the molecule is O=C(N[C@H](C=C(F)F)CO)OCc1ccccc1. The Morgan fingerprint density at radius 3 is 2.61 bits per heavy atom. The fourth-order valence-electron chi connectivity index (χ4n) is 1.21. The zero-order valence-electron chi connectivity index (χ0n) is 9.48. The van der Waals surface area contributed by atoms with Gasteiger partial charge in [-0.05, 0) is 5.56 Å². The summed E-state index contributed by atoms with van der Waals surface area (Å²) in [5.74, 6) is 0. The number of nitrogens with one attached hydrogen (secondary N) is 1. The Bertz CT molecular complexity index is 405. The Labute approximate surface area is 103 Å². The number of alkyl carbamates (subject to hydrolysis) is 1. The van der Waals surface area contributed by atoms with Crippen molar-refractivity contribution in [3.05, 3.63) is 48.1 Å². The molecule has 2 N–H and O–H groups in total. The molecule has 0 saturated heterocycles. The van der Waals surface area contributed by atoms with Gasteiger partial charge >= 0.3 is 6.09 Å². The predicted molar refractivity (Wildman–Crippen MR) is 60.9 cm³/mol. The molecule has 0 spiro atoms. The van der Waals surface area contributed by atoms with Crippen molar-refractivity contribution in [2.24, 2.45) is 0 Å². The molecule has 98 valence electrons. The third-order valence-corrected chi connectivity index (χ3v) is 2.04. The molecule has 6 heteroatoms. The van der Waals surface area contributed by atoms with Crippen LogP contribution in [0.5, 0.6) is 0 Å². The third kappa shape index (κ3) is 5.40. The van der Waals surface area contributed by atoms with E-state index in [9.17, 15) is 13.6 Å². The summed E-state index contributed by atoms with van der Waals surface area (Å²) in [6.45, 7) is -0.593. The smallest absolute Gasteiger partial charge is 0.408 e. The van der Waals surface area contributed by atoms with Gasteiger partial charge in [-0.2, -0.15) is 8.78 Å². The topological polar surface area (TPSA) is 58.6 Å². The van der Waals surface area contributed by atoms with Gasteiger partial charge in [-0.15, -0.1) is 0 Å². The molecular weight excluding hydrogens is 244 g/mol. The van der Waals surface area contributed by atoms with E-state index in [1.54, 1.807) is 24.3 Å². The molecule has 18 heavy (non-hydrogen) atoms. The molecule has 0 saturated carbocycles. The van der Waals surface area contributed by atoms with E-state index >= 15 is 0 Å². The van der Waals surface area contributed by atoms with Crippen LogP contribution >= 0.6 is 0 Å². The maximum atomic E-state index is 11.9. The lowest BCUT2D eigenvalue weighted by Gasteiger charge is -2.12. The maximum Gasteiger partial charge on any atom is 0.408 e. The minimum absolute atomic E-state index is 0.0344. The van der Waals surface area contributed by atoms with Gasteiger partial charge in [-0.25, -0.2) is 4.79 Å². The average molecular weight is 257 g/mol. The van der Waals surface area contributed by atoms with Crippen molar-refractivity contribution in [3.8, 4) is 0 Å². The van der Waals surface area contributed by atoms with Crippen LogP contribution in [0.2, 0.25) is 0 Å². The van der Waals surface area contributed by atoms with Gasteiger partial charge in [0, 0.05) is 6.08 Å². The number of halogens is 2. The summed E-state index contributed by atoms with van der Waals surface area (Å²) in [6.07, 6.45) is -2.39. The molecule has 0 aromatic heterocycles. The lowest BCUT2D eigenvalue weighted by Crippen LogP contribution is -2.36. The van der Waals surface area contributed by atoms with Crippen LogP contribution in [0.15, 0.2) is 42.5 Å². The van der Waals surface area contributed by atoms with Gasteiger partial charge in [0.1, 0.15) is 6.61 Å². The number of amides is 1. The molecule has 1 rings (SSSR count). The Balaban J connectivity index is 2.39. The maximum absolute atomic E-state index is 11.9. The summed E-state index contributed by atoms with van der Waals surface area (Å²) in [5, 5.41) is 10.9. The summed E-state index contributed by atoms with van der Waals surface area (Å²) in [5.41, 5.74) is 0.778. The van der Waals surface area contributed by atoms with E-state index in [1.165, 1.54) is 0 Å². The van der Waals surface area contributed by atoms with Gasteiger partial charge < -0.3 is 15.2 Å². The second-order valence-corrected chi connectivity index (χ2v) is 3.45. The summed E-state index contributed by atoms with van der Waals surface area (Å²) < 4.78 is 28.7. The Kier molecular flexibility index (Phi) is 5.79. The van der Waals surface area contributed by atoms with Crippen LogP contribution in [0.1, 0.15) is 5.56 Å². The first kappa shape index (κ1) is 14.1. The highest BCUT2D eigenvalue weighted by atomic mass is 19.3. The Morgan fingerprint density at radius 1 is 1.39 bits per heavy atom. The van der Waals surface area contributed by atoms with Crippen molar-refractivity contribution in [2.45, 2.75) is 12.6 Å². The molecule has 1 atom stereocenters. The summed E-state index contributed by atoms with van der Waals surface area (Å²) >= 11 is 0. The highest BCUT2D eigenvalue weighted by Crippen LogP contribution is 2.02. The number of carbonyl (C=O) groups is 1. The zero-order chi connectivity index (χ0) is 13.4. The van der Waals surface area contributed by atoms with Gasteiger partial charge in [-0.1, -0.05) is 30.3 Å². The molecule has 0 aliphatic heterocycles. The zero-order valence-corrected chi connectivity index (χ0v) is 9.48. The lowest BCUT2D eigenvalue weighted by atomic mass is 10.2. The Morgan fingerprint density at radius 2 is 2.06 bits per heavy atom. The van der Waals surface area contributed by atoms with Crippen LogP contribution in [-0.4, -0.2) is 23.8 Å². The minimum Gasteiger partial charge on any atom is -0.445 e. The second kappa shape index (κ2) is 7.39. The van der Waals surface area contributed by atoms with Gasteiger partial charge in [0.2, 0.25) is 0 Å². The number of aliphatic hydroxyl groups excluding tert-OH is 1. The summed E-state index contributed by atoms with van der Waals surface area (Å²) in [6, 6.07) is 7.76. The van der Waals surface area contributed by atoms with Crippen LogP contribution in [0.4, 0.5) is 13.6 Å². The molecule has 0 bridgehead atoms. The van der Waals surface area contributed by atoms with Crippen molar-refractivity contribution in [2.75, 3.05) is 6.61 Å². The molecule has 0 heterocycles. The molecule has 0 aliphatic rings. The monoisotopic (exact) mass is 257 g/mol. The van der Waals surface area contributed by atoms with Crippen molar-refractivity contribution >= 4 is 6.09 Å². The predicted octanol–water partition coefficient (Wildman–Crippen LogP) is 2.05. The standard InChI is InChI=1S/C12H13F2NO3/c13-11(14)6-10(7-16)15-12(17)18-8-9-4-2-1-3-5-9/h1-6,10,16H,7-8H2,(H,15,17)/t10-/m1/s1. The molecular formula is C12H13F2NO3. The number of carbonyl (C=O) groups excluding carboxylic acids is 1. The van der Waals surface area contributed by atoms with Gasteiger partial charge in [0.05, 0.1) is 12.6 Å². The first-order chi connectivity index (χ1) is 8.61. The first-order valence-electron chi connectivity index (χ1n) is 5.22. The second-order valence-electron chi connectivity index (χ2n) is 3.45. The van der Waals surface area contributed by atoms with Gasteiger partial charge in [0.15, 0.2) is 0 Å². The molecule has 0 aliphatic carbocycles. The summed E-state index contributed by atoms with van der Waals surface area (Å²) in [4.78, 5) is 11.2. The third-order valence-electron chi connectivity index (χ3n) is 2.04. The van der Waals surface area contributed by atoms with E-state index < -0.39 is 24.8 Å². The van der Waals surface area contributed by atoms with E-state index in [-0.39, 0.29) is 6.61 Å². The quantitative estimate of drug-likeness (QED) is 0.848. The van der Waals surface area contributed by atoms with Crippen LogP contribution < -0.4 is 5.32 Å². The van der Waals surface area contributed by atoms with E-state index in [4.69, 9.17) is 9.84 Å². The van der Waals surface area contributed by atoms with Gasteiger partial charge in [0.25, 0.3) is 6.08 Å². The number of ether oxygens (including phenoxy) is 1. The highest BCUT2D eigenvalue weighted by molar-refractivity contribution is 5.67. The van der Waals surface area contributed by atoms with E-state index in [1.807, 2.05) is 6.07 Å². The largest absolute Gasteiger partial charge is 0.445 e. The molecule has 0 unspecified atom stereocenters. The molecule has 0 fully saturated rings. The molecule has 1 aromatic rings. The van der Waals surface area contributed by atoms with Crippen molar-refractivity contribution in [3.63, 3.8) is 0 Å². The summed E-state index contributed by atoms with van der Waals surface area (Å²) in [7, 11) is 0. The number of aliphatic hydroxyl groups is 1. The lowest BCUT2D eigenvalue weighted by molar-refractivity contribution is 0.132. The fourth-order valence-corrected chi connectivity index (χ4v) is 1.21. The van der Waals surface area contributed by atoms with Crippen LogP contribution in [0.25, 0.3) is 0 Å². The fraction of sp³-hybridized carbons (Fsp3) is 0.250. The van der Waals surface area contributed by atoms with Crippen LogP contribution in [0.3, 0.4) is 0 Å². The van der Waals surface area contributed by atoms with Gasteiger partial charge in [-0.3, -0.25) is 0 Å². The normalized spacial score (nSPS) is 11.5. The molecule has 1 amide bonds. The van der Waals surface area contributed by atoms with E-state index in [0.717, 1.165) is 5.56 Å². The number of rotatable bonds is 5. The first-order valence-corrected chi connectivity index (χ1v) is 5.22. The van der Waals surface area contributed by atoms with Crippen LogP contribution in [0, 0.1) is 0 Å². The number of hydrogen-bond acceptors (Lipinski definition) is 3.